The van der Waals surface area contributed by atoms with E-state index in [1.54, 1.807) is 11.1 Å². The summed E-state index contributed by atoms with van der Waals surface area (Å²) in [6.07, 6.45) is 5.53. The fourth-order valence-corrected chi connectivity index (χ4v) is 3.37. The fourth-order valence-electron chi connectivity index (χ4n) is 3.37. The minimum atomic E-state index is -0.236. The van der Waals surface area contributed by atoms with Crippen molar-refractivity contribution in [1.29, 1.82) is 5.26 Å². The van der Waals surface area contributed by atoms with Crippen LogP contribution >= 0.6 is 0 Å². The third-order valence-electron chi connectivity index (χ3n) is 4.86. The molecule has 1 saturated heterocycles. The standard InChI is InChI=1S/C21H29N3O2/c1-17(2)24(15-18-8-4-3-5-9-18)21(26)19(14-22)16-23-12-7-6-10-20(23)11-13-25/h3-5,8-9,16-17,20,25H,6-7,10-13,15H2,1-2H3/b19-16-. The molecule has 0 aliphatic carbocycles. The molecule has 0 saturated carbocycles. The maximum atomic E-state index is 13.0. The molecule has 1 heterocycles. The number of rotatable bonds is 7. The first-order valence-electron chi connectivity index (χ1n) is 9.40. The summed E-state index contributed by atoms with van der Waals surface area (Å²) in [6.45, 7) is 5.35. The van der Waals surface area contributed by atoms with Gasteiger partial charge in [-0.2, -0.15) is 5.26 Å². The van der Waals surface area contributed by atoms with E-state index in [-0.39, 0.29) is 30.2 Å². The van der Waals surface area contributed by atoms with Gasteiger partial charge in [0.2, 0.25) is 0 Å². The van der Waals surface area contributed by atoms with Crippen LogP contribution in [0.5, 0.6) is 0 Å². The van der Waals surface area contributed by atoms with Gasteiger partial charge in [-0.25, -0.2) is 0 Å². The van der Waals surface area contributed by atoms with E-state index in [0.717, 1.165) is 31.4 Å². The SMILES string of the molecule is CC(C)N(Cc1ccccc1)C(=O)/C(C#N)=C\N1CCCCC1CCO. The second-order valence-corrected chi connectivity index (χ2v) is 7.07. The highest BCUT2D eigenvalue weighted by Gasteiger charge is 2.25. The molecule has 1 amide bonds. The van der Waals surface area contributed by atoms with Gasteiger partial charge < -0.3 is 14.9 Å². The zero-order valence-electron chi connectivity index (χ0n) is 15.8. The summed E-state index contributed by atoms with van der Waals surface area (Å²) in [5.41, 5.74) is 1.21. The summed E-state index contributed by atoms with van der Waals surface area (Å²) in [5, 5.41) is 18.9. The Morgan fingerprint density at radius 1 is 1.38 bits per heavy atom. The Morgan fingerprint density at radius 3 is 2.73 bits per heavy atom. The molecule has 1 aliphatic rings. The molecule has 0 spiro atoms. The van der Waals surface area contributed by atoms with Gasteiger partial charge in [0.25, 0.3) is 5.91 Å². The average molecular weight is 355 g/mol. The van der Waals surface area contributed by atoms with Gasteiger partial charge >= 0.3 is 0 Å². The van der Waals surface area contributed by atoms with Crippen LogP contribution in [0.15, 0.2) is 42.1 Å². The lowest BCUT2D eigenvalue weighted by molar-refractivity contribution is -0.129. The molecule has 1 fully saturated rings. The smallest absolute Gasteiger partial charge is 0.266 e. The number of nitrogens with zero attached hydrogens (tertiary/aromatic N) is 3. The predicted octanol–water partition coefficient (Wildman–Crippen LogP) is 3.07. The van der Waals surface area contributed by atoms with Gasteiger partial charge in [0.05, 0.1) is 0 Å². The van der Waals surface area contributed by atoms with Gasteiger partial charge in [-0.3, -0.25) is 4.79 Å². The molecule has 1 aromatic rings. The Hall–Kier alpha value is -2.32. The number of carbonyl (C=O) groups excluding carboxylic acids is 1. The summed E-state index contributed by atoms with van der Waals surface area (Å²) < 4.78 is 0. The van der Waals surface area contributed by atoms with Crippen LogP contribution < -0.4 is 0 Å². The molecule has 0 radical (unpaired) electrons. The summed E-state index contributed by atoms with van der Waals surface area (Å²) in [7, 11) is 0. The normalized spacial score (nSPS) is 17.9. The van der Waals surface area contributed by atoms with Crippen molar-refractivity contribution in [3.63, 3.8) is 0 Å². The molecule has 5 nitrogen and oxygen atoms in total. The van der Waals surface area contributed by atoms with Crippen LogP contribution in [-0.4, -0.2) is 46.0 Å². The van der Waals surface area contributed by atoms with E-state index in [1.165, 1.54) is 0 Å². The average Bonchev–Trinajstić information content (AvgIpc) is 2.65. The van der Waals surface area contributed by atoms with E-state index < -0.39 is 0 Å². The largest absolute Gasteiger partial charge is 0.396 e. The van der Waals surface area contributed by atoms with E-state index in [0.29, 0.717) is 13.0 Å². The molecule has 2 rings (SSSR count). The van der Waals surface area contributed by atoms with Crippen LogP contribution in [0.4, 0.5) is 0 Å². The van der Waals surface area contributed by atoms with Crippen molar-refractivity contribution in [1.82, 2.24) is 9.80 Å². The molecular formula is C21H29N3O2. The molecule has 1 N–H and O–H groups in total. The number of likely N-dealkylation sites (tertiary alicyclic amines) is 1. The van der Waals surface area contributed by atoms with Gasteiger partial charge in [-0.1, -0.05) is 30.3 Å². The third-order valence-corrected chi connectivity index (χ3v) is 4.86. The zero-order valence-corrected chi connectivity index (χ0v) is 15.8. The first-order valence-corrected chi connectivity index (χ1v) is 9.40. The number of hydrogen-bond donors (Lipinski definition) is 1. The molecule has 1 aliphatic heterocycles. The highest BCUT2D eigenvalue weighted by molar-refractivity contribution is 5.97. The van der Waals surface area contributed by atoms with Crippen molar-refractivity contribution >= 4 is 5.91 Å². The van der Waals surface area contributed by atoms with Crippen LogP contribution in [-0.2, 0) is 11.3 Å². The Bertz CT molecular complexity index is 647. The van der Waals surface area contributed by atoms with Gasteiger partial charge in [0.1, 0.15) is 11.6 Å². The van der Waals surface area contributed by atoms with Crippen LogP contribution in [0.2, 0.25) is 0 Å². The first-order chi connectivity index (χ1) is 12.6. The quantitative estimate of drug-likeness (QED) is 0.603. The lowest BCUT2D eigenvalue weighted by Gasteiger charge is -2.35. The molecule has 26 heavy (non-hydrogen) atoms. The molecule has 0 aromatic heterocycles. The topological polar surface area (TPSA) is 67.6 Å². The first kappa shape index (κ1) is 20.0. The van der Waals surface area contributed by atoms with Crippen molar-refractivity contribution in [3.8, 4) is 6.07 Å². The van der Waals surface area contributed by atoms with Crippen molar-refractivity contribution in [2.45, 2.75) is 58.2 Å². The molecule has 1 atom stereocenters. The summed E-state index contributed by atoms with van der Waals surface area (Å²) in [5.74, 6) is -0.236. The number of amides is 1. The highest BCUT2D eigenvalue weighted by Crippen LogP contribution is 2.21. The molecule has 140 valence electrons. The maximum absolute atomic E-state index is 13.0. The monoisotopic (exact) mass is 355 g/mol. The van der Waals surface area contributed by atoms with E-state index >= 15 is 0 Å². The number of piperidine rings is 1. The molecule has 0 bridgehead atoms. The Balaban J connectivity index is 2.19. The Morgan fingerprint density at radius 2 is 2.12 bits per heavy atom. The van der Waals surface area contributed by atoms with E-state index in [2.05, 4.69) is 11.0 Å². The number of benzene rings is 1. The van der Waals surface area contributed by atoms with Gasteiger partial charge in [-0.05, 0) is 45.1 Å². The van der Waals surface area contributed by atoms with Crippen molar-refractivity contribution < 1.29 is 9.90 Å². The third kappa shape index (κ3) is 5.34. The summed E-state index contributed by atoms with van der Waals surface area (Å²) in [6, 6.07) is 12.1. The molecule has 1 aromatic carbocycles. The lowest BCUT2D eigenvalue weighted by Crippen LogP contribution is -2.40. The summed E-state index contributed by atoms with van der Waals surface area (Å²) in [4.78, 5) is 16.8. The molecule has 5 heteroatoms. The van der Waals surface area contributed by atoms with Crippen molar-refractivity contribution in [2.24, 2.45) is 0 Å². The Labute approximate surface area is 156 Å². The summed E-state index contributed by atoms with van der Waals surface area (Å²) >= 11 is 0. The number of carbonyl (C=O) groups is 1. The predicted molar refractivity (Wildman–Crippen MR) is 102 cm³/mol. The lowest BCUT2D eigenvalue weighted by atomic mass is 10.00. The van der Waals surface area contributed by atoms with Gasteiger partial charge in [0, 0.05) is 38.0 Å². The van der Waals surface area contributed by atoms with Crippen molar-refractivity contribution in [3.05, 3.63) is 47.7 Å². The van der Waals surface area contributed by atoms with Gasteiger partial charge in [-0.15, -0.1) is 0 Å². The van der Waals surface area contributed by atoms with E-state index in [4.69, 9.17) is 0 Å². The van der Waals surface area contributed by atoms with Gasteiger partial charge in [0.15, 0.2) is 0 Å². The minimum absolute atomic E-state index is 0.00551. The number of aliphatic hydroxyl groups is 1. The number of hydrogen-bond acceptors (Lipinski definition) is 4. The molecular weight excluding hydrogens is 326 g/mol. The number of nitriles is 1. The van der Waals surface area contributed by atoms with Crippen LogP contribution in [0, 0.1) is 11.3 Å². The van der Waals surface area contributed by atoms with Crippen LogP contribution in [0.1, 0.15) is 45.1 Å². The van der Waals surface area contributed by atoms with E-state index in [1.807, 2.05) is 44.2 Å². The fraction of sp³-hybridized carbons (Fsp3) is 0.524. The second-order valence-electron chi connectivity index (χ2n) is 7.07. The molecule has 1 unspecified atom stereocenters. The number of aliphatic hydroxyl groups excluding tert-OH is 1. The van der Waals surface area contributed by atoms with Crippen LogP contribution in [0.3, 0.4) is 0 Å². The Kier molecular flexibility index (Phi) is 7.68. The zero-order chi connectivity index (χ0) is 18.9. The van der Waals surface area contributed by atoms with Crippen molar-refractivity contribution in [2.75, 3.05) is 13.2 Å². The second kappa shape index (κ2) is 9.98. The highest BCUT2D eigenvalue weighted by atomic mass is 16.3. The van der Waals surface area contributed by atoms with E-state index in [9.17, 15) is 15.2 Å². The minimum Gasteiger partial charge on any atom is -0.396 e. The maximum Gasteiger partial charge on any atom is 0.266 e. The van der Waals surface area contributed by atoms with Crippen LogP contribution in [0.25, 0.3) is 0 Å².